The van der Waals surface area contributed by atoms with Crippen LogP contribution >= 0.6 is 11.8 Å². The number of hydrogen-bond acceptors (Lipinski definition) is 4. The van der Waals surface area contributed by atoms with E-state index in [-0.39, 0.29) is 11.7 Å². The van der Waals surface area contributed by atoms with Gasteiger partial charge in [0.15, 0.2) is 0 Å². The zero-order chi connectivity index (χ0) is 19.2. The molecule has 2 amide bonds. The molecule has 3 aromatic rings. The van der Waals surface area contributed by atoms with Crippen molar-refractivity contribution >= 4 is 29.3 Å². The highest BCUT2D eigenvalue weighted by atomic mass is 32.2. The van der Waals surface area contributed by atoms with Crippen molar-refractivity contribution in [3.05, 3.63) is 78.0 Å². The third-order valence-corrected chi connectivity index (χ3v) is 5.00. The van der Waals surface area contributed by atoms with E-state index in [1.165, 1.54) is 11.8 Å². The number of amides is 2. The zero-order valence-electron chi connectivity index (χ0n) is 14.8. The number of aryl methyl sites for hydroxylation is 1. The molecule has 0 saturated carbocycles. The molecule has 136 valence electrons. The van der Waals surface area contributed by atoms with Crippen LogP contribution in [0.2, 0.25) is 0 Å². The van der Waals surface area contributed by atoms with Crippen molar-refractivity contribution in [2.45, 2.75) is 11.8 Å². The van der Waals surface area contributed by atoms with E-state index in [0.29, 0.717) is 16.9 Å². The predicted molar refractivity (Wildman–Crippen MR) is 109 cm³/mol. The Bertz CT molecular complexity index is 974. The van der Waals surface area contributed by atoms with Crippen molar-refractivity contribution in [1.82, 2.24) is 4.98 Å². The fourth-order valence-electron chi connectivity index (χ4n) is 2.61. The highest BCUT2D eigenvalue weighted by Gasteiger charge is 2.14. The number of carbonyl (C=O) groups excluding carboxylic acids is 2. The summed E-state index contributed by atoms with van der Waals surface area (Å²) in [5, 5.41) is 2.90. The first-order chi connectivity index (χ1) is 13.0. The molecular weight excluding hydrogens is 358 g/mol. The van der Waals surface area contributed by atoms with Gasteiger partial charge in [-0.1, -0.05) is 42.5 Å². The van der Waals surface area contributed by atoms with E-state index in [1.54, 1.807) is 12.1 Å². The minimum atomic E-state index is -0.405. The van der Waals surface area contributed by atoms with Gasteiger partial charge in [-0.3, -0.25) is 14.6 Å². The van der Waals surface area contributed by atoms with Gasteiger partial charge in [-0.15, -0.1) is 11.8 Å². The fourth-order valence-corrected chi connectivity index (χ4v) is 3.35. The number of hydrogen-bond donors (Lipinski definition) is 2. The van der Waals surface area contributed by atoms with Crippen LogP contribution in [0.5, 0.6) is 0 Å². The van der Waals surface area contributed by atoms with E-state index in [0.717, 1.165) is 16.2 Å². The SMILES string of the molecule is Cc1nc(-c2ccccc2)ccc1C(=O)Nc1ccccc1SCC(N)=O. The van der Waals surface area contributed by atoms with Crippen molar-refractivity contribution in [2.24, 2.45) is 5.73 Å². The van der Waals surface area contributed by atoms with Crippen molar-refractivity contribution in [1.29, 1.82) is 0 Å². The fraction of sp³-hybridized carbons (Fsp3) is 0.0952. The van der Waals surface area contributed by atoms with Crippen molar-refractivity contribution < 1.29 is 9.59 Å². The first-order valence-electron chi connectivity index (χ1n) is 8.39. The number of nitrogens with two attached hydrogens (primary N) is 1. The van der Waals surface area contributed by atoms with Gasteiger partial charge >= 0.3 is 0 Å². The quantitative estimate of drug-likeness (QED) is 0.638. The summed E-state index contributed by atoms with van der Waals surface area (Å²) < 4.78 is 0. The number of benzene rings is 2. The van der Waals surface area contributed by atoms with Crippen molar-refractivity contribution in [3.63, 3.8) is 0 Å². The lowest BCUT2D eigenvalue weighted by atomic mass is 10.1. The molecule has 1 aromatic heterocycles. The molecule has 5 nitrogen and oxygen atoms in total. The molecule has 27 heavy (non-hydrogen) atoms. The summed E-state index contributed by atoms with van der Waals surface area (Å²) in [6.07, 6.45) is 0. The molecule has 0 atom stereocenters. The molecule has 0 radical (unpaired) electrons. The third-order valence-electron chi connectivity index (χ3n) is 3.91. The van der Waals surface area contributed by atoms with E-state index in [4.69, 9.17) is 5.73 Å². The van der Waals surface area contributed by atoms with Crippen LogP contribution in [-0.4, -0.2) is 22.6 Å². The molecule has 0 aliphatic carbocycles. The highest BCUT2D eigenvalue weighted by molar-refractivity contribution is 8.00. The Labute approximate surface area is 162 Å². The molecule has 2 aromatic carbocycles. The molecule has 0 bridgehead atoms. The first kappa shape index (κ1) is 18.7. The summed E-state index contributed by atoms with van der Waals surface area (Å²) in [5.74, 6) is -0.497. The molecular formula is C21H19N3O2S. The smallest absolute Gasteiger partial charge is 0.257 e. The monoisotopic (exact) mass is 377 g/mol. The first-order valence-corrected chi connectivity index (χ1v) is 9.37. The molecule has 0 fully saturated rings. The average Bonchev–Trinajstić information content (AvgIpc) is 2.67. The van der Waals surface area contributed by atoms with Crippen LogP contribution in [0.25, 0.3) is 11.3 Å². The average molecular weight is 377 g/mol. The van der Waals surface area contributed by atoms with E-state index in [1.807, 2.05) is 61.5 Å². The van der Waals surface area contributed by atoms with Crippen molar-refractivity contribution in [2.75, 3.05) is 11.1 Å². The highest BCUT2D eigenvalue weighted by Crippen LogP contribution is 2.27. The standard InChI is InChI=1S/C21H19N3O2S/c1-14-16(11-12-17(23-14)15-7-3-2-4-8-15)21(26)24-18-9-5-6-10-19(18)27-13-20(22)25/h2-12H,13H2,1H3,(H2,22,25)(H,24,26). The molecule has 0 saturated heterocycles. The second kappa shape index (κ2) is 8.51. The molecule has 0 aliphatic heterocycles. The lowest BCUT2D eigenvalue weighted by Gasteiger charge is -2.12. The number of carbonyl (C=O) groups is 2. The molecule has 6 heteroatoms. The van der Waals surface area contributed by atoms with E-state index >= 15 is 0 Å². The second-order valence-corrected chi connectivity index (χ2v) is 6.92. The maximum atomic E-state index is 12.7. The van der Waals surface area contributed by atoms with Gasteiger partial charge in [0.1, 0.15) is 0 Å². The summed E-state index contributed by atoms with van der Waals surface area (Å²) in [7, 11) is 0. The normalized spacial score (nSPS) is 10.4. The van der Waals surface area contributed by atoms with Gasteiger partial charge in [-0.2, -0.15) is 0 Å². The summed E-state index contributed by atoms with van der Waals surface area (Å²) in [5.41, 5.74) is 8.82. The van der Waals surface area contributed by atoms with Gasteiger partial charge in [-0.25, -0.2) is 0 Å². The topological polar surface area (TPSA) is 85.1 Å². The number of nitrogens with zero attached hydrogens (tertiary/aromatic N) is 1. The molecule has 0 aliphatic rings. The number of anilines is 1. The van der Waals surface area contributed by atoms with Gasteiger partial charge in [0.05, 0.1) is 28.4 Å². The van der Waals surface area contributed by atoms with Crippen LogP contribution < -0.4 is 11.1 Å². The van der Waals surface area contributed by atoms with E-state index < -0.39 is 5.91 Å². The Morgan fingerprint density at radius 3 is 2.41 bits per heavy atom. The van der Waals surface area contributed by atoms with Gasteiger partial charge in [-0.05, 0) is 31.2 Å². The van der Waals surface area contributed by atoms with Crippen molar-refractivity contribution in [3.8, 4) is 11.3 Å². The Balaban J connectivity index is 1.80. The summed E-state index contributed by atoms with van der Waals surface area (Å²) in [6.45, 7) is 1.81. The number of thioether (sulfide) groups is 1. The molecule has 0 unspecified atom stereocenters. The lowest BCUT2D eigenvalue weighted by Crippen LogP contribution is -2.16. The Morgan fingerprint density at radius 2 is 1.70 bits per heavy atom. The van der Waals surface area contributed by atoms with Crippen LogP contribution in [0.15, 0.2) is 71.6 Å². The maximum absolute atomic E-state index is 12.7. The van der Waals surface area contributed by atoms with Gasteiger partial charge in [0.2, 0.25) is 5.91 Å². The summed E-state index contributed by atoms with van der Waals surface area (Å²) >= 11 is 1.29. The second-order valence-electron chi connectivity index (χ2n) is 5.90. The maximum Gasteiger partial charge on any atom is 0.257 e. The number of para-hydroxylation sites is 1. The van der Waals surface area contributed by atoms with Crippen LogP contribution in [-0.2, 0) is 4.79 Å². The van der Waals surface area contributed by atoms with E-state index in [2.05, 4.69) is 10.3 Å². The van der Waals surface area contributed by atoms with Gasteiger partial charge in [0.25, 0.3) is 5.91 Å². The van der Waals surface area contributed by atoms with Crippen LogP contribution in [0, 0.1) is 6.92 Å². The van der Waals surface area contributed by atoms with Gasteiger partial charge < -0.3 is 11.1 Å². The number of aromatic nitrogens is 1. The molecule has 3 rings (SSSR count). The minimum absolute atomic E-state index is 0.152. The zero-order valence-corrected chi connectivity index (χ0v) is 15.6. The Hall–Kier alpha value is -3.12. The van der Waals surface area contributed by atoms with Crippen LogP contribution in [0.3, 0.4) is 0 Å². The van der Waals surface area contributed by atoms with Crippen LogP contribution in [0.4, 0.5) is 5.69 Å². The third kappa shape index (κ3) is 4.74. The minimum Gasteiger partial charge on any atom is -0.369 e. The molecule has 3 N–H and O–H groups in total. The molecule has 0 spiro atoms. The lowest BCUT2D eigenvalue weighted by molar-refractivity contribution is -0.115. The number of primary amides is 1. The summed E-state index contributed by atoms with van der Waals surface area (Å²) in [6, 6.07) is 20.7. The number of nitrogens with one attached hydrogen (secondary N) is 1. The number of rotatable bonds is 6. The number of pyridine rings is 1. The predicted octanol–water partition coefficient (Wildman–Crippen LogP) is 3.89. The summed E-state index contributed by atoms with van der Waals surface area (Å²) in [4.78, 5) is 29.1. The molecule has 1 heterocycles. The Morgan fingerprint density at radius 1 is 1.00 bits per heavy atom. The Kier molecular flexibility index (Phi) is 5.88. The largest absolute Gasteiger partial charge is 0.369 e. The van der Waals surface area contributed by atoms with Crippen LogP contribution in [0.1, 0.15) is 16.1 Å². The van der Waals surface area contributed by atoms with E-state index in [9.17, 15) is 9.59 Å². The van der Waals surface area contributed by atoms with Gasteiger partial charge in [0, 0.05) is 10.5 Å².